The number of hydrogen-bond donors (Lipinski definition) is 1. The number of benzene rings is 2. The lowest BCUT2D eigenvalue weighted by Crippen LogP contribution is -2.05. The van der Waals surface area contributed by atoms with Gasteiger partial charge in [-0.2, -0.15) is 0 Å². The number of hydrogen-bond acceptors (Lipinski definition) is 2. The lowest BCUT2D eigenvalue weighted by molar-refractivity contribution is 0.415. The van der Waals surface area contributed by atoms with E-state index in [2.05, 4.69) is 42.6 Å². The normalized spacial score (nSPS) is 10.4. The van der Waals surface area contributed by atoms with E-state index in [4.69, 9.17) is 4.74 Å². The van der Waals surface area contributed by atoms with Gasteiger partial charge in [0.1, 0.15) is 5.75 Å². The lowest BCUT2D eigenvalue weighted by Gasteiger charge is -2.10. The predicted molar refractivity (Wildman–Crippen MR) is 75.9 cm³/mol. The van der Waals surface area contributed by atoms with Crippen molar-refractivity contribution >= 4 is 0 Å². The summed E-state index contributed by atoms with van der Waals surface area (Å²) in [6.07, 6.45) is 0. The molecule has 0 aliphatic rings. The van der Waals surface area contributed by atoms with Crippen molar-refractivity contribution in [2.45, 2.75) is 13.5 Å². The van der Waals surface area contributed by atoms with Crippen LogP contribution in [0.1, 0.15) is 11.1 Å². The van der Waals surface area contributed by atoms with Gasteiger partial charge in [-0.25, -0.2) is 0 Å². The SMILES string of the molecule is CNCc1ccc(C)c(-c2ccc(OC)cc2)c1. The van der Waals surface area contributed by atoms with Gasteiger partial charge in [0.15, 0.2) is 0 Å². The Morgan fingerprint density at radius 1 is 1.06 bits per heavy atom. The standard InChI is InChI=1S/C16H19NO/c1-12-4-5-13(11-17-2)10-16(12)14-6-8-15(18-3)9-7-14/h4-10,17H,11H2,1-3H3. The van der Waals surface area contributed by atoms with E-state index in [1.807, 2.05) is 19.2 Å². The molecule has 2 nitrogen and oxygen atoms in total. The second-order valence-electron chi connectivity index (χ2n) is 4.41. The molecular formula is C16H19NO. The molecule has 2 rings (SSSR count). The molecule has 94 valence electrons. The summed E-state index contributed by atoms with van der Waals surface area (Å²) in [4.78, 5) is 0. The Hall–Kier alpha value is -1.80. The molecule has 2 aromatic carbocycles. The number of rotatable bonds is 4. The van der Waals surface area contributed by atoms with Crippen LogP contribution in [-0.4, -0.2) is 14.2 Å². The van der Waals surface area contributed by atoms with Crippen molar-refractivity contribution in [1.29, 1.82) is 0 Å². The van der Waals surface area contributed by atoms with Crippen molar-refractivity contribution in [2.24, 2.45) is 0 Å². The van der Waals surface area contributed by atoms with Crippen LogP contribution in [0.4, 0.5) is 0 Å². The molecule has 0 fully saturated rings. The van der Waals surface area contributed by atoms with Crippen LogP contribution in [0.5, 0.6) is 5.75 Å². The van der Waals surface area contributed by atoms with Crippen LogP contribution in [0, 0.1) is 6.92 Å². The summed E-state index contributed by atoms with van der Waals surface area (Å²) in [6, 6.07) is 14.8. The Morgan fingerprint density at radius 3 is 2.39 bits per heavy atom. The Bertz CT molecular complexity index is 517. The van der Waals surface area contributed by atoms with Gasteiger partial charge in [0.05, 0.1) is 7.11 Å². The summed E-state index contributed by atoms with van der Waals surface area (Å²) in [5.74, 6) is 0.891. The van der Waals surface area contributed by atoms with Gasteiger partial charge in [0.25, 0.3) is 0 Å². The maximum Gasteiger partial charge on any atom is 0.118 e. The molecule has 0 unspecified atom stereocenters. The van der Waals surface area contributed by atoms with E-state index in [0.717, 1.165) is 12.3 Å². The second kappa shape index (κ2) is 5.69. The third kappa shape index (κ3) is 2.71. The van der Waals surface area contributed by atoms with Crippen molar-refractivity contribution in [3.05, 3.63) is 53.6 Å². The smallest absolute Gasteiger partial charge is 0.118 e. The summed E-state index contributed by atoms with van der Waals surface area (Å²) >= 11 is 0. The molecule has 0 bridgehead atoms. The van der Waals surface area contributed by atoms with Crippen molar-refractivity contribution in [2.75, 3.05) is 14.2 Å². The maximum absolute atomic E-state index is 5.19. The highest BCUT2D eigenvalue weighted by Gasteiger charge is 2.03. The van der Waals surface area contributed by atoms with Crippen LogP contribution in [0.2, 0.25) is 0 Å². The van der Waals surface area contributed by atoms with Crippen LogP contribution < -0.4 is 10.1 Å². The highest BCUT2D eigenvalue weighted by Crippen LogP contribution is 2.26. The molecule has 0 aliphatic carbocycles. The first-order valence-electron chi connectivity index (χ1n) is 6.13. The molecule has 0 aromatic heterocycles. The Balaban J connectivity index is 2.38. The minimum atomic E-state index is 0.891. The minimum absolute atomic E-state index is 0.891. The predicted octanol–water partition coefficient (Wildman–Crippen LogP) is 3.39. The molecule has 0 saturated heterocycles. The number of ether oxygens (including phenoxy) is 1. The lowest BCUT2D eigenvalue weighted by atomic mass is 9.98. The van der Waals surface area contributed by atoms with Gasteiger partial charge in [-0.05, 0) is 54.4 Å². The number of nitrogens with one attached hydrogen (secondary N) is 1. The quantitative estimate of drug-likeness (QED) is 0.886. The first-order valence-corrected chi connectivity index (χ1v) is 6.13. The third-order valence-electron chi connectivity index (χ3n) is 3.08. The van der Waals surface area contributed by atoms with Crippen molar-refractivity contribution in [3.63, 3.8) is 0 Å². The molecule has 0 spiro atoms. The monoisotopic (exact) mass is 241 g/mol. The first kappa shape index (κ1) is 12.7. The van der Waals surface area contributed by atoms with E-state index >= 15 is 0 Å². The second-order valence-corrected chi connectivity index (χ2v) is 4.41. The summed E-state index contributed by atoms with van der Waals surface area (Å²) < 4.78 is 5.19. The van der Waals surface area contributed by atoms with Gasteiger partial charge in [0, 0.05) is 6.54 Å². The summed E-state index contributed by atoms with van der Waals surface area (Å²) in [6.45, 7) is 3.03. The topological polar surface area (TPSA) is 21.3 Å². The highest BCUT2D eigenvalue weighted by atomic mass is 16.5. The Morgan fingerprint density at radius 2 is 1.78 bits per heavy atom. The van der Waals surface area contributed by atoms with E-state index in [1.54, 1.807) is 7.11 Å². The fraction of sp³-hybridized carbons (Fsp3) is 0.250. The molecule has 0 aliphatic heterocycles. The van der Waals surface area contributed by atoms with Crippen molar-refractivity contribution < 1.29 is 4.74 Å². The third-order valence-corrected chi connectivity index (χ3v) is 3.08. The number of aryl methyl sites for hydroxylation is 1. The molecule has 0 heterocycles. The zero-order chi connectivity index (χ0) is 13.0. The van der Waals surface area contributed by atoms with Gasteiger partial charge in [0.2, 0.25) is 0 Å². The Kier molecular flexibility index (Phi) is 4.00. The van der Waals surface area contributed by atoms with Crippen LogP contribution >= 0.6 is 0 Å². The first-order chi connectivity index (χ1) is 8.74. The fourth-order valence-corrected chi connectivity index (χ4v) is 2.06. The van der Waals surface area contributed by atoms with Crippen LogP contribution in [0.3, 0.4) is 0 Å². The molecule has 0 amide bonds. The van der Waals surface area contributed by atoms with Crippen LogP contribution in [0.25, 0.3) is 11.1 Å². The van der Waals surface area contributed by atoms with Crippen LogP contribution in [-0.2, 0) is 6.54 Å². The molecule has 0 saturated carbocycles. The van der Waals surface area contributed by atoms with Gasteiger partial charge in [-0.1, -0.05) is 24.3 Å². The molecule has 18 heavy (non-hydrogen) atoms. The minimum Gasteiger partial charge on any atom is -0.497 e. The van der Waals surface area contributed by atoms with E-state index in [9.17, 15) is 0 Å². The van der Waals surface area contributed by atoms with E-state index in [-0.39, 0.29) is 0 Å². The van der Waals surface area contributed by atoms with Gasteiger partial charge in [-0.3, -0.25) is 0 Å². The van der Waals surface area contributed by atoms with Gasteiger partial charge < -0.3 is 10.1 Å². The Labute approximate surface area is 109 Å². The molecule has 2 aromatic rings. The van der Waals surface area contributed by atoms with Crippen molar-refractivity contribution in [3.8, 4) is 16.9 Å². The van der Waals surface area contributed by atoms with E-state index in [0.29, 0.717) is 0 Å². The van der Waals surface area contributed by atoms with E-state index in [1.165, 1.54) is 22.3 Å². The molecule has 0 radical (unpaired) electrons. The molecular weight excluding hydrogens is 222 g/mol. The van der Waals surface area contributed by atoms with Gasteiger partial charge in [-0.15, -0.1) is 0 Å². The average molecular weight is 241 g/mol. The van der Waals surface area contributed by atoms with Crippen molar-refractivity contribution in [1.82, 2.24) is 5.32 Å². The summed E-state index contributed by atoms with van der Waals surface area (Å²) in [5, 5.41) is 3.18. The number of methoxy groups -OCH3 is 1. The molecule has 2 heteroatoms. The van der Waals surface area contributed by atoms with Gasteiger partial charge >= 0.3 is 0 Å². The highest BCUT2D eigenvalue weighted by molar-refractivity contribution is 5.68. The molecule has 0 atom stereocenters. The summed E-state index contributed by atoms with van der Waals surface area (Å²) in [7, 11) is 3.65. The van der Waals surface area contributed by atoms with Crippen LogP contribution in [0.15, 0.2) is 42.5 Å². The molecule has 1 N–H and O–H groups in total. The average Bonchev–Trinajstić information content (AvgIpc) is 2.41. The zero-order valence-corrected chi connectivity index (χ0v) is 11.2. The maximum atomic E-state index is 5.19. The van der Waals surface area contributed by atoms with E-state index < -0.39 is 0 Å². The zero-order valence-electron chi connectivity index (χ0n) is 11.2. The fourth-order valence-electron chi connectivity index (χ4n) is 2.06. The largest absolute Gasteiger partial charge is 0.497 e. The summed E-state index contributed by atoms with van der Waals surface area (Å²) in [5.41, 5.74) is 5.10.